The maximum Gasteiger partial charge on any atom is 0.155 e. The second kappa shape index (κ2) is 11.8. The first-order valence-corrected chi connectivity index (χ1v) is 8.38. The fourth-order valence-corrected chi connectivity index (χ4v) is 2.30. The van der Waals surface area contributed by atoms with Crippen LogP contribution in [0, 0.1) is 6.07 Å². The van der Waals surface area contributed by atoms with E-state index in [9.17, 15) is 9.59 Å². The molecule has 0 bridgehead atoms. The molecule has 0 saturated carbocycles. The van der Waals surface area contributed by atoms with Crippen LogP contribution in [-0.2, 0) is 24.9 Å². The first kappa shape index (κ1) is 23.2. The zero-order valence-corrected chi connectivity index (χ0v) is 17.9. The van der Waals surface area contributed by atoms with Crippen LogP contribution in [0.5, 0.6) is 0 Å². The number of rotatable bonds is 4. The van der Waals surface area contributed by atoms with Crippen LogP contribution in [0.15, 0.2) is 84.8 Å². The van der Waals surface area contributed by atoms with Crippen molar-refractivity contribution < 1.29 is 34.8 Å². The molecule has 28 heavy (non-hydrogen) atoms. The second-order valence-electron chi connectivity index (χ2n) is 5.80. The van der Waals surface area contributed by atoms with Gasteiger partial charge in [-0.25, -0.2) is 0 Å². The third-order valence-corrected chi connectivity index (χ3v) is 3.46. The zero-order chi connectivity index (χ0) is 19.6. The molecule has 0 aliphatic heterocycles. The Bertz CT molecular complexity index is 917. The molecule has 1 N–H and O–H groups in total. The fourth-order valence-electron chi connectivity index (χ4n) is 2.30. The summed E-state index contributed by atoms with van der Waals surface area (Å²) in [6.45, 7) is 2.85. The SMILES string of the molecule is CC(=O)/C=C(/C)O.O=C(c1c[c-]c(-c2ccccn2)cc1)c1ccccc1.[Ir]. The van der Waals surface area contributed by atoms with Crippen molar-refractivity contribution in [2.75, 3.05) is 0 Å². The Kier molecular flexibility index (Phi) is 9.72. The van der Waals surface area contributed by atoms with Gasteiger partial charge in [-0.15, -0.1) is 29.8 Å². The summed E-state index contributed by atoms with van der Waals surface area (Å²) in [5, 5.41) is 8.36. The number of aliphatic hydroxyl groups excluding tert-OH is 1. The van der Waals surface area contributed by atoms with Gasteiger partial charge in [0.25, 0.3) is 0 Å². The summed E-state index contributed by atoms with van der Waals surface area (Å²) in [4.78, 5) is 26.5. The molecule has 0 aliphatic carbocycles. The molecule has 0 saturated heterocycles. The van der Waals surface area contributed by atoms with E-state index in [2.05, 4.69) is 11.1 Å². The molecule has 1 aromatic heterocycles. The molecule has 145 valence electrons. The van der Waals surface area contributed by atoms with Crippen LogP contribution in [-0.4, -0.2) is 21.7 Å². The third-order valence-electron chi connectivity index (χ3n) is 3.46. The van der Waals surface area contributed by atoms with Gasteiger partial charge < -0.3 is 10.1 Å². The normalized spacial score (nSPS) is 10.1. The number of carbonyl (C=O) groups is 2. The van der Waals surface area contributed by atoms with Crippen LogP contribution in [0.2, 0.25) is 0 Å². The van der Waals surface area contributed by atoms with Crippen LogP contribution in [0.1, 0.15) is 29.8 Å². The van der Waals surface area contributed by atoms with Crippen molar-refractivity contribution >= 4 is 11.6 Å². The first-order valence-electron chi connectivity index (χ1n) is 8.38. The topological polar surface area (TPSA) is 67.3 Å². The zero-order valence-electron chi connectivity index (χ0n) is 15.5. The Morgan fingerprint density at radius 1 is 0.929 bits per heavy atom. The third kappa shape index (κ3) is 7.39. The molecule has 0 atom stereocenters. The van der Waals surface area contributed by atoms with E-state index in [1.807, 2.05) is 60.7 Å². The number of ketones is 2. The van der Waals surface area contributed by atoms with Gasteiger partial charge in [0.05, 0.1) is 5.76 Å². The van der Waals surface area contributed by atoms with E-state index >= 15 is 0 Å². The molecule has 3 rings (SSSR count). The number of hydrogen-bond acceptors (Lipinski definition) is 4. The second-order valence-corrected chi connectivity index (χ2v) is 5.80. The smallest absolute Gasteiger partial charge is 0.155 e. The number of nitrogens with zero attached hydrogens (tertiary/aromatic N) is 1. The van der Waals surface area contributed by atoms with E-state index < -0.39 is 0 Å². The molecule has 0 fully saturated rings. The molecule has 4 nitrogen and oxygen atoms in total. The fraction of sp³-hybridized carbons (Fsp3) is 0.0870. The van der Waals surface area contributed by atoms with Gasteiger partial charge in [-0.05, 0) is 25.6 Å². The number of aromatic nitrogens is 1. The summed E-state index contributed by atoms with van der Waals surface area (Å²) >= 11 is 0. The summed E-state index contributed by atoms with van der Waals surface area (Å²) in [5.74, 6) is -0.0538. The quantitative estimate of drug-likeness (QED) is 0.219. The molecule has 2 aromatic carbocycles. The maximum atomic E-state index is 12.3. The van der Waals surface area contributed by atoms with Gasteiger partial charge in [0.1, 0.15) is 0 Å². The average molecular weight is 551 g/mol. The van der Waals surface area contributed by atoms with Crippen LogP contribution < -0.4 is 0 Å². The predicted octanol–water partition coefficient (Wildman–Crippen LogP) is 4.81. The van der Waals surface area contributed by atoms with Crippen LogP contribution in [0.4, 0.5) is 0 Å². The predicted molar refractivity (Wildman–Crippen MR) is 105 cm³/mol. The van der Waals surface area contributed by atoms with Crippen LogP contribution in [0.25, 0.3) is 11.3 Å². The standard InChI is InChI=1S/C18H12NO.C5H8O2.Ir/c20-18(15-6-2-1-3-7-15)16-11-9-14(10-12-16)17-8-4-5-13-19-17;1-4(6)3-5(2)7;/h1-9,11-13H;3,6H,1-2H3;/q-1;;/b;4-3-;. The number of carbonyl (C=O) groups excluding carboxylic acids is 2. The van der Waals surface area contributed by atoms with Crippen molar-refractivity contribution in [2.24, 2.45) is 0 Å². The molecular weight excluding hydrogens is 530 g/mol. The van der Waals surface area contributed by atoms with Gasteiger partial charge in [-0.3, -0.25) is 9.59 Å². The first-order chi connectivity index (χ1) is 13.0. The van der Waals surface area contributed by atoms with Gasteiger partial charge in [-0.2, -0.15) is 0 Å². The number of hydrogen-bond donors (Lipinski definition) is 1. The van der Waals surface area contributed by atoms with Gasteiger partial charge in [-0.1, -0.05) is 48.0 Å². The van der Waals surface area contributed by atoms with Gasteiger partial charge in [0, 0.05) is 37.9 Å². The van der Waals surface area contributed by atoms with E-state index in [1.54, 1.807) is 12.3 Å². The molecule has 1 radical (unpaired) electrons. The Balaban J connectivity index is 0.000000425. The van der Waals surface area contributed by atoms with Crippen molar-refractivity contribution in [2.45, 2.75) is 13.8 Å². The van der Waals surface area contributed by atoms with Gasteiger partial charge in [0.2, 0.25) is 0 Å². The summed E-state index contributed by atoms with van der Waals surface area (Å²) in [6.07, 6.45) is 2.91. The van der Waals surface area contributed by atoms with Crippen molar-refractivity contribution in [3.05, 3.63) is 102 Å². The van der Waals surface area contributed by atoms with E-state index in [0.29, 0.717) is 11.1 Å². The Morgan fingerprint density at radius 2 is 1.61 bits per heavy atom. The summed E-state index contributed by atoms with van der Waals surface area (Å²) in [5.41, 5.74) is 3.06. The Morgan fingerprint density at radius 3 is 2.07 bits per heavy atom. The van der Waals surface area contributed by atoms with Crippen LogP contribution in [0.3, 0.4) is 0 Å². The summed E-state index contributed by atoms with van der Waals surface area (Å²) < 4.78 is 0. The molecule has 0 aliphatic rings. The van der Waals surface area contributed by atoms with Crippen LogP contribution >= 0.6 is 0 Å². The Hall–Kier alpha value is -2.88. The largest absolute Gasteiger partial charge is 0.512 e. The maximum absolute atomic E-state index is 12.3. The molecule has 1 heterocycles. The van der Waals surface area contributed by atoms with E-state index in [4.69, 9.17) is 5.11 Å². The summed E-state index contributed by atoms with van der Waals surface area (Å²) in [7, 11) is 0. The molecule has 0 spiro atoms. The number of pyridine rings is 1. The minimum atomic E-state index is -0.125. The van der Waals surface area contributed by atoms with Gasteiger partial charge >= 0.3 is 0 Å². The van der Waals surface area contributed by atoms with Crippen molar-refractivity contribution in [3.8, 4) is 11.3 Å². The molecule has 3 aromatic rings. The molecule has 5 heteroatoms. The molecule has 0 unspecified atom stereocenters. The van der Waals surface area contributed by atoms with E-state index in [0.717, 1.165) is 11.3 Å². The van der Waals surface area contributed by atoms with Crippen molar-refractivity contribution in [1.29, 1.82) is 0 Å². The number of aliphatic hydroxyl groups is 1. The van der Waals surface area contributed by atoms with E-state index in [1.165, 1.54) is 19.9 Å². The van der Waals surface area contributed by atoms with Crippen molar-refractivity contribution in [3.63, 3.8) is 0 Å². The molecule has 0 amide bonds. The average Bonchev–Trinajstić information content (AvgIpc) is 2.68. The Labute approximate surface area is 178 Å². The molecular formula is C23H20IrNO3-. The monoisotopic (exact) mass is 551 g/mol. The number of benzene rings is 2. The number of allylic oxidation sites excluding steroid dienone is 2. The minimum absolute atomic E-state index is 0. The van der Waals surface area contributed by atoms with E-state index in [-0.39, 0.29) is 37.4 Å². The van der Waals surface area contributed by atoms with Gasteiger partial charge in [0.15, 0.2) is 11.6 Å². The minimum Gasteiger partial charge on any atom is -0.512 e. The summed E-state index contributed by atoms with van der Waals surface area (Å²) in [6, 6.07) is 23.5. The van der Waals surface area contributed by atoms with Crippen molar-refractivity contribution in [1.82, 2.24) is 4.98 Å².